The molecule has 0 spiro atoms. The third kappa shape index (κ3) is 2.75. The molecule has 0 amide bonds. The maximum atomic E-state index is 13.8. The standard InChI is InChI=1S/C16H14FN/c1-12-7-8-16(17)15(10-12)14-6-2-4-13(11-14)5-3-9-18/h2,4,6-8,10-11H,3,5H2,1H3. The van der Waals surface area contributed by atoms with Crippen molar-refractivity contribution in [3.05, 3.63) is 59.4 Å². The number of nitriles is 1. The summed E-state index contributed by atoms with van der Waals surface area (Å²) >= 11 is 0. The van der Waals surface area contributed by atoms with Crippen LogP contribution in [0.5, 0.6) is 0 Å². The second-order valence-corrected chi connectivity index (χ2v) is 4.34. The van der Waals surface area contributed by atoms with Crippen LogP contribution in [0.15, 0.2) is 42.5 Å². The van der Waals surface area contributed by atoms with Gasteiger partial charge in [0.2, 0.25) is 0 Å². The molecule has 0 atom stereocenters. The Labute approximate surface area is 107 Å². The zero-order valence-electron chi connectivity index (χ0n) is 10.3. The first-order chi connectivity index (χ1) is 8.70. The number of hydrogen-bond donors (Lipinski definition) is 0. The summed E-state index contributed by atoms with van der Waals surface area (Å²) in [5.41, 5.74) is 3.59. The van der Waals surface area contributed by atoms with Crippen LogP contribution in [0.4, 0.5) is 4.39 Å². The van der Waals surface area contributed by atoms with E-state index in [0.29, 0.717) is 18.4 Å². The number of rotatable bonds is 3. The molecule has 2 heteroatoms. The monoisotopic (exact) mass is 239 g/mol. The van der Waals surface area contributed by atoms with Gasteiger partial charge in [-0.2, -0.15) is 5.26 Å². The minimum absolute atomic E-state index is 0.210. The zero-order chi connectivity index (χ0) is 13.0. The highest BCUT2D eigenvalue weighted by atomic mass is 19.1. The van der Waals surface area contributed by atoms with E-state index < -0.39 is 0 Å². The molecule has 0 N–H and O–H groups in total. The summed E-state index contributed by atoms with van der Waals surface area (Å²) in [6.45, 7) is 1.95. The lowest BCUT2D eigenvalue weighted by atomic mass is 9.99. The van der Waals surface area contributed by atoms with Gasteiger partial charge in [-0.15, -0.1) is 0 Å². The molecule has 0 saturated carbocycles. The maximum absolute atomic E-state index is 13.8. The molecule has 2 rings (SSSR count). The summed E-state index contributed by atoms with van der Waals surface area (Å²) in [5, 5.41) is 8.58. The number of benzene rings is 2. The smallest absolute Gasteiger partial charge is 0.131 e. The van der Waals surface area contributed by atoms with Gasteiger partial charge in [-0.3, -0.25) is 0 Å². The van der Waals surface area contributed by atoms with E-state index in [1.165, 1.54) is 6.07 Å². The average Bonchev–Trinajstić information content (AvgIpc) is 2.39. The fourth-order valence-electron chi connectivity index (χ4n) is 1.95. The second kappa shape index (κ2) is 5.46. The highest BCUT2D eigenvalue weighted by Gasteiger charge is 2.05. The highest BCUT2D eigenvalue weighted by Crippen LogP contribution is 2.25. The molecule has 0 aliphatic rings. The van der Waals surface area contributed by atoms with E-state index in [1.54, 1.807) is 6.07 Å². The Bertz CT molecular complexity index is 596. The molecule has 0 radical (unpaired) electrons. The van der Waals surface area contributed by atoms with Crippen molar-refractivity contribution < 1.29 is 4.39 Å². The van der Waals surface area contributed by atoms with Gasteiger partial charge in [0, 0.05) is 12.0 Å². The fourth-order valence-corrected chi connectivity index (χ4v) is 1.95. The van der Waals surface area contributed by atoms with E-state index >= 15 is 0 Å². The summed E-state index contributed by atoms with van der Waals surface area (Å²) < 4.78 is 13.8. The van der Waals surface area contributed by atoms with Gasteiger partial charge < -0.3 is 0 Å². The first-order valence-electron chi connectivity index (χ1n) is 5.93. The molecule has 2 aromatic rings. The van der Waals surface area contributed by atoms with E-state index in [0.717, 1.165) is 16.7 Å². The van der Waals surface area contributed by atoms with E-state index in [-0.39, 0.29) is 5.82 Å². The van der Waals surface area contributed by atoms with Crippen LogP contribution >= 0.6 is 0 Å². The van der Waals surface area contributed by atoms with Gasteiger partial charge in [0.15, 0.2) is 0 Å². The molecule has 0 aliphatic carbocycles. The third-order valence-electron chi connectivity index (χ3n) is 2.89. The molecular weight excluding hydrogens is 225 g/mol. The van der Waals surface area contributed by atoms with Crippen molar-refractivity contribution in [3.63, 3.8) is 0 Å². The number of aryl methyl sites for hydroxylation is 2. The second-order valence-electron chi connectivity index (χ2n) is 4.34. The first kappa shape index (κ1) is 12.3. The van der Waals surface area contributed by atoms with Gasteiger partial charge in [-0.1, -0.05) is 35.9 Å². The SMILES string of the molecule is Cc1ccc(F)c(-c2cccc(CCC#N)c2)c1. The lowest BCUT2D eigenvalue weighted by Crippen LogP contribution is -1.89. The summed E-state index contributed by atoms with van der Waals surface area (Å²) in [6, 6.07) is 14.9. The van der Waals surface area contributed by atoms with Gasteiger partial charge in [0.05, 0.1) is 6.07 Å². The van der Waals surface area contributed by atoms with Gasteiger partial charge in [0.1, 0.15) is 5.82 Å². The van der Waals surface area contributed by atoms with Gasteiger partial charge in [-0.25, -0.2) is 4.39 Å². The van der Waals surface area contributed by atoms with Crippen LogP contribution in [0.25, 0.3) is 11.1 Å². The minimum atomic E-state index is -0.210. The molecule has 0 aromatic heterocycles. The molecule has 18 heavy (non-hydrogen) atoms. The van der Waals surface area contributed by atoms with Gasteiger partial charge in [0.25, 0.3) is 0 Å². The molecule has 0 heterocycles. The van der Waals surface area contributed by atoms with Crippen LogP contribution in [0.3, 0.4) is 0 Å². The molecule has 0 fully saturated rings. The number of halogens is 1. The van der Waals surface area contributed by atoms with Crippen molar-refractivity contribution in [3.8, 4) is 17.2 Å². The molecular formula is C16H14FN. The van der Waals surface area contributed by atoms with E-state index in [2.05, 4.69) is 6.07 Å². The molecule has 90 valence electrons. The number of hydrogen-bond acceptors (Lipinski definition) is 1. The Hall–Kier alpha value is -2.14. The highest BCUT2D eigenvalue weighted by molar-refractivity contribution is 5.65. The predicted molar refractivity (Wildman–Crippen MR) is 70.5 cm³/mol. The van der Waals surface area contributed by atoms with Crippen LogP contribution in [0.2, 0.25) is 0 Å². The Kier molecular flexibility index (Phi) is 3.74. The van der Waals surface area contributed by atoms with Crippen LogP contribution < -0.4 is 0 Å². The van der Waals surface area contributed by atoms with E-state index in [1.807, 2.05) is 37.3 Å². The molecule has 0 aliphatic heterocycles. The third-order valence-corrected chi connectivity index (χ3v) is 2.89. The van der Waals surface area contributed by atoms with Crippen LogP contribution in [-0.2, 0) is 6.42 Å². The van der Waals surface area contributed by atoms with Crippen molar-refractivity contribution in [2.75, 3.05) is 0 Å². The van der Waals surface area contributed by atoms with Crippen LogP contribution in [0.1, 0.15) is 17.5 Å². The Morgan fingerprint density at radius 2 is 2.00 bits per heavy atom. The molecule has 0 saturated heterocycles. The van der Waals surface area contributed by atoms with Gasteiger partial charge >= 0.3 is 0 Å². The minimum Gasteiger partial charge on any atom is -0.206 e. The Balaban J connectivity index is 2.38. The van der Waals surface area contributed by atoms with E-state index in [4.69, 9.17) is 5.26 Å². The lowest BCUT2D eigenvalue weighted by molar-refractivity contribution is 0.631. The lowest BCUT2D eigenvalue weighted by Gasteiger charge is -2.07. The largest absolute Gasteiger partial charge is 0.206 e. The number of nitrogens with zero attached hydrogens (tertiary/aromatic N) is 1. The summed E-state index contributed by atoms with van der Waals surface area (Å²) in [7, 11) is 0. The first-order valence-corrected chi connectivity index (χ1v) is 5.93. The fraction of sp³-hybridized carbons (Fsp3) is 0.188. The summed E-state index contributed by atoms with van der Waals surface area (Å²) in [4.78, 5) is 0. The normalized spacial score (nSPS) is 10.1. The molecule has 0 unspecified atom stereocenters. The molecule has 1 nitrogen and oxygen atoms in total. The zero-order valence-corrected chi connectivity index (χ0v) is 10.3. The van der Waals surface area contributed by atoms with Crippen molar-refractivity contribution in [1.82, 2.24) is 0 Å². The Morgan fingerprint density at radius 3 is 2.78 bits per heavy atom. The van der Waals surface area contributed by atoms with Crippen molar-refractivity contribution in [1.29, 1.82) is 5.26 Å². The van der Waals surface area contributed by atoms with Crippen molar-refractivity contribution in [2.45, 2.75) is 19.8 Å². The molecule has 2 aromatic carbocycles. The maximum Gasteiger partial charge on any atom is 0.131 e. The predicted octanol–water partition coefficient (Wildman–Crippen LogP) is 4.26. The molecule has 0 bridgehead atoms. The van der Waals surface area contributed by atoms with Crippen LogP contribution in [-0.4, -0.2) is 0 Å². The van der Waals surface area contributed by atoms with Crippen molar-refractivity contribution >= 4 is 0 Å². The topological polar surface area (TPSA) is 23.8 Å². The average molecular weight is 239 g/mol. The summed E-state index contributed by atoms with van der Waals surface area (Å²) in [6.07, 6.45) is 1.19. The van der Waals surface area contributed by atoms with E-state index in [9.17, 15) is 4.39 Å². The van der Waals surface area contributed by atoms with Gasteiger partial charge in [-0.05, 0) is 36.6 Å². The quantitative estimate of drug-likeness (QED) is 0.785. The van der Waals surface area contributed by atoms with Crippen molar-refractivity contribution in [2.24, 2.45) is 0 Å². The van der Waals surface area contributed by atoms with Crippen LogP contribution in [0, 0.1) is 24.1 Å². The summed E-state index contributed by atoms with van der Waals surface area (Å²) in [5.74, 6) is -0.210. The Morgan fingerprint density at radius 1 is 1.17 bits per heavy atom.